The average molecular weight is 338 g/mol. The van der Waals surface area contributed by atoms with Gasteiger partial charge in [0.15, 0.2) is 5.58 Å². The monoisotopic (exact) mass is 338 g/mol. The number of hydrogen-bond donors (Lipinski definition) is 1. The van der Waals surface area contributed by atoms with E-state index >= 15 is 0 Å². The molecular formula is C20H22N2O3. The minimum Gasteiger partial charge on any atom is -0.408 e. The second-order valence-corrected chi connectivity index (χ2v) is 7.08. The van der Waals surface area contributed by atoms with Gasteiger partial charge in [0, 0.05) is 18.7 Å². The predicted octanol–water partition coefficient (Wildman–Crippen LogP) is 3.92. The number of aromatic nitrogens is 1. The molecule has 1 N–H and O–H groups in total. The normalized spacial score (nSPS) is 11.6. The van der Waals surface area contributed by atoms with Crippen LogP contribution in [0.1, 0.15) is 32.8 Å². The Hall–Kier alpha value is -2.82. The van der Waals surface area contributed by atoms with Gasteiger partial charge in [0.05, 0.1) is 5.52 Å². The van der Waals surface area contributed by atoms with Crippen LogP contribution >= 0.6 is 0 Å². The lowest BCUT2D eigenvalue weighted by molar-refractivity contribution is -0.116. The molecule has 0 spiro atoms. The number of carbonyl (C=O) groups excluding carboxylic acids is 1. The Morgan fingerprint density at radius 3 is 2.52 bits per heavy atom. The van der Waals surface area contributed by atoms with Gasteiger partial charge in [0.25, 0.3) is 0 Å². The highest BCUT2D eigenvalue weighted by Crippen LogP contribution is 2.29. The van der Waals surface area contributed by atoms with E-state index < -0.39 is 5.76 Å². The third-order valence-corrected chi connectivity index (χ3v) is 4.15. The quantitative estimate of drug-likeness (QED) is 0.784. The largest absolute Gasteiger partial charge is 0.419 e. The first-order valence-electron chi connectivity index (χ1n) is 8.34. The second-order valence-electron chi connectivity index (χ2n) is 7.08. The molecule has 0 aliphatic heterocycles. The Labute approximate surface area is 146 Å². The summed E-state index contributed by atoms with van der Waals surface area (Å²) in [6.07, 6.45) is 0.196. The molecule has 5 nitrogen and oxygen atoms in total. The molecule has 2 aromatic carbocycles. The number of nitrogens with zero attached hydrogens (tertiary/aromatic N) is 1. The minimum atomic E-state index is -0.441. The van der Waals surface area contributed by atoms with Gasteiger partial charge in [-0.3, -0.25) is 9.36 Å². The van der Waals surface area contributed by atoms with Crippen LogP contribution in [-0.4, -0.2) is 10.5 Å². The van der Waals surface area contributed by atoms with E-state index in [9.17, 15) is 9.59 Å². The van der Waals surface area contributed by atoms with Crippen LogP contribution in [0.15, 0.2) is 57.7 Å². The van der Waals surface area contributed by atoms with Crippen LogP contribution in [0.2, 0.25) is 0 Å². The van der Waals surface area contributed by atoms with E-state index in [2.05, 4.69) is 26.1 Å². The van der Waals surface area contributed by atoms with Crippen LogP contribution in [0.4, 0.5) is 5.69 Å². The highest BCUT2D eigenvalue weighted by molar-refractivity contribution is 5.91. The topological polar surface area (TPSA) is 64.2 Å². The van der Waals surface area contributed by atoms with Crippen molar-refractivity contribution >= 4 is 22.7 Å². The van der Waals surface area contributed by atoms with Crippen LogP contribution in [0.3, 0.4) is 0 Å². The first-order valence-corrected chi connectivity index (χ1v) is 8.34. The van der Waals surface area contributed by atoms with Gasteiger partial charge in [0.2, 0.25) is 5.91 Å². The van der Waals surface area contributed by atoms with Crippen molar-refractivity contribution in [1.29, 1.82) is 0 Å². The van der Waals surface area contributed by atoms with Gasteiger partial charge in [-0.25, -0.2) is 4.79 Å². The molecule has 1 amide bonds. The number of oxazole rings is 1. The third kappa shape index (κ3) is 3.65. The number of para-hydroxylation sites is 3. The summed E-state index contributed by atoms with van der Waals surface area (Å²) in [6, 6.07) is 15.0. The molecule has 130 valence electrons. The Kier molecular flexibility index (Phi) is 4.49. The molecule has 25 heavy (non-hydrogen) atoms. The number of anilines is 1. The predicted molar refractivity (Wildman–Crippen MR) is 98.9 cm³/mol. The van der Waals surface area contributed by atoms with E-state index in [1.807, 2.05) is 42.5 Å². The van der Waals surface area contributed by atoms with Crippen molar-refractivity contribution in [2.75, 3.05) is 5.32 Å². The number of hydrogen-bond acceptors (Lipinski definition) is 3. The summed E-state index contributed by atoms with van der Waals surface area (Å²) in [5.41, 5.74) is 3.06. The molecule has 0 radical (unpaired) electrons. The van der Waals surface area contributed by atoms with E-state index in [1.165, 1.54) is 4.57 Å². The second kappa shape index (κ2) is 6.59. The smallest absolute Gasteiger partial charge is 0.408 e. The molecular weight excluding hydrogens is 316 g/mol. The van der Waals surface area contributed by atoms with E-state index in [4.69, 9.17) is 4.42 Å². The molecule has 3 rings (SSSR count). The van der Waals surface area contributed by atoms with Gasteiger partial charge in [0.1, 0.15) is 0 Å². The molecule has 0 atom stereocenters. The van der Waals surface area contributed by atoms with Crippen molar-refractivity contribution in [3.63, 3.8) is 0 Å². The Morgan fingerprint density at radius 2 is 1.76 bits per heavy atom. The number of benzene rings is 2. The van der Waals surface area contributed by atoms with Gasteiger partial charge < -0.3 is 9.73 Å². The van der Waals surface area contributed by atoms with Crippen molar-refractivity contribution in [3.8, 4) is 0 Å². The number of fused-ring (bicyclic) bond motifs is 1. The van der Waals surface area contributed by atoms with Crippen molar-refractivity contribution in [2.45, 2.75) is 39.2 Å². The molecule has 0 aliphatic carbocycles. The first kappa shape index (κ1) is 17.0. The highest BCUT2D eigenvalue weighted by atomic mass is 16.4. The minimum absolute atomic E-state index is 0.0679. The van der Waals surface area contributed by atoms with Crippen LogP contribution in [0.25, 0.3) is 11.1 Å². The SMILES string of the molecule is CC(C)(C)c1ccccc1NC(=O)CCn1c(=O)oc2ccccc21. The standard InChI is InChI=1S/C20H22N2O3/c1-20(2,3)14-8-4-5-9-15(14)21-18(23)12-13-22-16-10-6-7-11-17(16)25-19(22)24/h4-11H,12-13H2,1-3H3,(H,21,23). The van der Waals surface area contributed by atoms with E-state index in [1.54, 1.807) is 6.07 Å². The number of nitrogens with one attached hydrogen (secondary N) is 1. The van der Waals surface area contributed by atoms with Gasteiger partial charge in [-0.1, -0.05) is 51.1 Å². The number of aryl methyl sites for hydroxylation is 1. The third-order valence-electron chi connectivity index (χ3n) is 4.15. The first-order chi connectivity index (χ1) is 11.9. The zero-order chi connectivity index (χ0) is 18.0. The molecule has 5 heteroatoms. The maximum Gasteiger partial charge on any atom is 0.419 e. The lowest BCUT2D eigenvalue weighted by Gasteiger charge is -2.23. The molecule has 0 saturated heterocycles. The molecule has 0 unspecified atom stereocenters. The highest BCUT2D eigenvalue weighted by Gasteiger charge is 2.18. The molecule has 0 saturated carbocycles. The van der Waals surface area contributed by atoms with E-state index in [-0.39, 0.29) is 24.3 Å². The maximum absolute atomic E-state index is 12.4. The summed E-state index contributed by atoms with van der Waals surface area (Å²) in [5, 5.41) is 2.96. The fraction of sp³-hybridized carbons (Fsp3) is 0.300. The van der Waals surface area contributed by atoms with Crippen LogP contribution in [-0.2, 0) is 16.8 Å². The van der Waals surface area contributed by atoms with E-state index in [0.717, 1.165) is 11.3 Å². The summed E-state index contributed by atoms with van der Waals surface area (Å²) in [6.45, 7) is 6.60. The summed E-state index contributed by atoms with van der Waals surface area (Å²) in [7, 11) is 0. The van der Waals surface area contributed by atoms with Crippen molar-refractivity contribution < 1.29 is 9.21 Å². The summed E-state index contributed by atoms with van der Waals surface area (Å²) < 4.78 is 6.68. The van der Waals surface area contributed by atoms with Gasteiger partial charge in [-0.05, 0) is 29.2 Å². The number of carbonyl (C=O) groups is 1. The Morgan fingerprint density at radius 1 is 1.08 bits per heavy atom. The van der Waals surface area contributed by atoms with Crippen molar-refractivity contribution in [2.24, 2.45) is 0 Å². The average Bonchev–Trinajstić information content (AvgIpc) is 2.87. The van der Waals surface area contributed by atoms with Gasteiger partial charge in [-0.2, -0.15) is 0 Å². The maximum atomic E-state index is 12.4. The van der Waals surface area contributed by atoms with Crippen molar-refractivity contribution in [3.05, 3.63) is 64.6 Å². The Balaban J connectivity index is 1.74. The van der Waals surface area contributed by atoms with Gasteiger partial charge >= 0.3 is 5.76 Å². The molecule has 0 aliphatic rings. The summed E-state index contributed by atoms with van der Waals surface area (Å²) in [5.74, 6) is -0.571. The van der Waals surface area contributed by atoms with Crippen LogP contribution in [0, 0.1) is 0 Å². The molecule has 3 aromatic rings. The lowest BCUT2D eigenvalue weighted by Crippen LogP contribution is -2.22. The number of amides is 1. The van der Waals surface area contributed by atoms with Crippen LogP contribution in [0.5, 0.6) is 0 Å². The lowest BCUT2D eigenvalue weighted by atomic mass is 9.86. The number of rotatable bonds is 4. The van der Waals surface area contributed by atoms with Crippen molar-refractivity contribution in [1.82, 2.24) is 4.57 Å². The Bertz CT molecular complexity index is 961. The fourth-order valence-electron chi connectivity index (χ4n) is 2.90. The summed E-state index contributed by atoms with van der Waals surface area (Å²) >= 11 is 0. The van der Waals surface area contributed by atoms with E-state index in [0.29, 0.717) is 11.1 Å². The molecule has 1 heterocycles. The molecule has 0 bridgehead atoms. The molecule has 1 aromatic heterocycles. The zero-order valence-electron chi connectivity index (χ0n) is 14.7. The summed E-state index contributed by atoms with van der Waals surface area (Å²) in [4.78, 5) is 24.3. The fourth-order valence-corrected chi connectivity index (χ4v) is 2.90. The van der Waals surface area contributed by atoms with Gasteiger partial charge in [-0.15, -0.1) is 0 Å². The molecule has 0 fully saturated rings. The zero-order valence-corrected chi connectivity index (χ0v) is 14.7. The van der Waals surface area contributed by atoms with Crippen LogP contribution < -0.4 is 11.1 Å².